The van der Waals surface area contributed by atoms with E-state index in [0.29, 0.717) is 25.0 Å². The third kappa shape index (κ3) is 5.02. The Labute approximate surface area is 269 Å². The summed E-state index contributed by atoms with van der Waals surface area (Å²) in [7, 11) is 0. The molecular weight excluding hydrogens is 584 g/mol. The number of benzene rings is 2. The van der Waals surface area contributed by atoms with Crippen LogP contribution < -0.4 is 0 Å². The molecule has 3 aliphatic heterocycles. The molecule has 0 radical (unpaired) electrons. The fraction of sp³-hybridized carbons (Fsp3) is 0.457. The zero-order chi connectivity index (χ0) is 32.6. The molecule has 11 nitrogen and oxygen atoms in total. The van der Waals surface area contributed by atoms with Gasteiger partial charge in [-0.1, -0.05) is 66.8 Å². The van der Waals surface area contributed by atoms with Crippen LogP contribution in [-0.2, 0) is 32.3 Å². The zero-order valence-electron chi connectivity index (χ0n) is 26.5. The minimum Gasteiger partial charge on any atom is -0.396 e. The van der Waals surface area contributed by atoms with Crippen molar-refractivity contribution in [3.63, 3.8) is 0 Å². The molecule has 3 fully saturated rings. The highest BCUT2D eigenvalue weighted by atomic mass is 16.5. The first-order valence-electron chi connectivity index (χ1n) is 15.9. The normalized spacial score (nSPS) is 28.0. The average molecular weight is 627 g/mol. The van der Waals surface area contributed by atoms with Crippen LogP contribution in [0.2, 0.25) is 0 Å². The van der Waals surface area contributed by atoms with Gasteiger partial charge in [-0.05, 0) is 43.4 Å². The van der Waals surface area contributed by atoms with Crippen molar-refractivity contribution in [1.82, 2.24) is 29.7 Å². The van der Waals surface area contributed by atoms with Crippen LogP contribution in [0.5, 0.6) is 0 Å². The molecular formula is C35H42N6O5. The molecule has 0 aliphatic carbocycles. The average Bonchev–Trinajstić information content (AvgIpc) is 3.72. The molecule has 3 aliphatic rings. The second kappa shape index (κ2) is 12.4. The Morgan fingerprint density at radius 1 is 1.07 bits per heavy atom. The second-order valence-corrected chi connectivity index (χ2v) is 12.9. The lowest BCUT2D eigenvalue weighted by molar-refractivity contribution is -0.155. The maximum Gasteiger partial charge on any atom is 0.250 e. The van der Waals surface area contributed by atoms with Gasteiger partial charge in [-0.25, -0.2) is 4.68 Å². The number of carbonyl (C=O) groups excluding carboxylic acids is 3. The molecule has 1 spiro atoms. The summed E-state index contributed by atoms with van der Waals surface area (Å²) >= 11 is 0. The Morgan fingerprint density at radius 2 is 1.76 bits per heavy atom. The summed E-state index contributed by atoms with van der Waals surface area (Å²) in [6.07, 6.45) is 4.06. The Kier molecular flexibility index (Phi) is 8.56. The van der Waals surface area contributed by atoms with Crippen LogP contribution in [0.25, 0.3) is 11.0 Å². The summed E-state index contributed by atoms with van der Waals surface area (Å²) in [6.45, 7) is 12.7. The molecule has 2 bridgehead atoms. The Hall–Kier alpha value is -4.35. The first kappa shape index (κ1) is 31.6. The lowest BCUT2D eigenvalue weighted by Crippen LogP contribution is -2.57. The highest BCUT2D eigenvalue weighted by Crippen LogP contribution is 2.65. The van der Waals surface area contributed by atoms with Gasteiger partial charge in [0.1, 0.15) is 23.8 Å². The van der Waals surface area contributed by atoms with Crippen LogP contribution in [0, 0.1) is 17.8 Å². The van der Waals surface area contributed by atoms with E-state index in [-0.39, 0.29) is 56.4 Å². The zero-order valence-corrected chi connectivity index (χ0v) is 26.5. The van der Waals surface area contributed by atoms with E-state index in [9.17, 15) is 19.5 Å². The van der Waals surface area contributed by atoms with Crippen molar-refractivity contribution in [2.45, 2.75) is 57.1 Å². The predicted octanol–water partition coefficient (Wildman–Crippen LogP) is 3.01. The molecule has 242 valence electrons. The van der Waals surface area contributed by atoms with Crippen molar-refractivity contribution in [3.05, 3.63) is 85.5 Å². The van der Waals surface area contributed by atoms with Gasteiger partial charge in [0.25, 0.3) is 0 Å². The van der Waals surface area contributed by atoms with Gasteiger partial charge in [0, 0.05) is 32.8 Å². The monoisotopic (exact) mass is 626 g/mol. The molecule has 1 N–H and O–H groups in total. The number of likely N-dealkylation sites (tertiary alicyclic amines) is 1. The first-order chi connectivity index (χ1) is 22.2. The molecule has 1 aromatic heterocycles. The van der Waals surface area contributed by atoms with Crippen LogP contribution >= 0.6 is 0 Å². The number of aliphatic hydroxyl groups excluding tert-OH is 1. The summed E-state index contributed by atoms with van der Waals surface area (Å²) in [4.78, 5) is 48.8. The van der Waals surface area contributed by atoms with Crippen LogP contribution in [0.3, 0.4) is 0 Å². The molecule has 0 saturated carbocycles. The molecule has 3 amide bonds. The molecule has 3 saturated heterocycles. The topological polar surface area (TPSA) is 121 Å². The van der Waals surface area contributed by atoms with Crippen molar-refractivity contribution >= 4 is 28.8 Å². The van der Waals surface area contributed by atoms with Crippen LogP contribution in [-0.4, -0.2) is 96.0 Å². The van der Waals surface area contributed by atoms with Crippen molar-refractivity contribution in [2.24, 2.45) is 17.8 Å². The summed E-state index contributed by atoms with van der Waals surface area (Å²) < 4.78 is 8.59. The van der Waals surface area contributed by atoms with E-state index < -0.39 is 29.1 Å². The van der Waals surface area contributed by atoms with Gasteiger partial charge in [-0.15, -0.1) is 18.3 Å². The highest BCUT2D eigenvalue weighted by molar-refractivity contribution is 5.99. The van der Waals surface area contributed by atoms with Crippen molar-refractivity contribution in [1.29, 1.82) is 0 Å². The van der Waals surface area contributed by atoms with E-state index in [1.54, 1.807) is 31.5 Å². The predicted molar refractivity (Wildman–Crippen MR) is 172 cm³/mol. The van der Waals surface area contributed by atoms with Crippen molar-refractivity contribution in [3.8, 4) is 0 Å². The number of aromatic nitrogens is 3. The van der Waals surface area contributed by atoms with Gasteiger partial charge in [0.15, 0.2) is 0 Å². The maximum absolute atomic E-state index is 14.8. The third-order valence-electron chi connectivity index (χ3n) is 10.1. The number of nitrogens with zero attached hydrogens (tertiary/aromatic N) is 6. The third-order valence-corrected chi connectivity index (χ3v) is 10.1. The molecule has 2 aromatic carbocycles. The quantitative estimate of drug-likeness (QED) is 0.290. The van der Waals surface area contributed by atoms with E-state index in [4.69, 9.17) is 4.74 Å². The number of hydrogen-bond acceptors (Lipinski definition) is 7. The molecule has 6 atom stereocenters. The number of fused-ring (bicyclic) bond motifs is 2. The van der Waals surface area contributed by atoms with Crippen molar-refractivity contribution in [2.75, 3.05) is 26.2 Å². The van der Waals surface area contributed by atoms with E-state index in [1.807, 2.05) is 68.4 Å². The van der Waals surface area contributed by atoms with Gasteiger partial charge < -0.3 is 24.5 Å². The molecule has 3 aromatic rings. The fourth-order valence-electron chi connectivity index (χ4n) is 7.99. The van der Waals surface area contributed by atoms with Gasteiger partial charge in [-0.2, -0.15) is 0 Å². The van der Waals surface area contributed by atoms with Gasteiger partial charge in [0.2, 0.25) is 17.7 Å². The van der Waals surface area contributed by atoms with Gasteiger partial charge >= 0.3 is 0 Å². The summed E-state index contributed by atoms with van der Waals surface area (Å²) in [6, 6.07) is 16.2. The Balaban J connectivity index is 1.39. The van der Waals surface area contributed by atoms with Crippen molar-refractivity contribution < 1.29 is 24.2 Å². The SMILES string of the molecule is C=CCN(Cn1nnc2ccccc21)C(=O)C1N(CCCO)C(=O)[C@@H]2[C@H](C(=O)N(CC=C)Cc3ccccc3)[C@@]3(C)OC12CC3C. The van der Waals surface area contributed by atoms with E-state index in [2.05, 4.69) is 23.5 Å². The number of amides is 3. The van der Waals surface area contributed by atoms with E-state index >= 15 is 0 Å². The standard InChI is InChI=1S/C35H42N6O5/c1-5-17-38(22-25-13-8-7-9-14-25)31(43)28-29-32(44)40(19-12-20-42)30(35(29)21-24(3)34(28,4)46-35)33(45)39(18-6-2)23-41-27-16-11-10-15-26(27)36-37-41/h5-11,13-16,24,28-30,42H,1-2,12,17-23H2,3-4H3/t24?,28-,29+,30?,34+,35?/m1/s1. The largest absolute Gasteiger partial charge is 0.396 e. The molecule has 6 rings (SSSR count). The summed E-state index contributed by atoms with van der Waals surface area (Å²) in [5.74, 6) is -2.55. The highest BCUT2D eigenvalue weighted by Gasteiger charge is 2.80. The first-order valence-corrected chi connectivity index (χ1v) is 15.9. The summed E-state index contributed by atoms with van der Waals surface area (Å²) in [5.41, 5.74) is 0.263. The van der Waals surface area contributed by atoms with Crippen LogP contribution in [0.4, 0.5) is 0 Å². The minimum absolute atomic E-state index is 0.0873. The van der Waals surface area contributed by atoms with Crippen LogP contribution in [0.15, 0.2) is 79.9 Å². The Bertz CT molecular complexity index is 1640. The van der Waals surface area contributed by atoms with Gasteiger partial charge in [-0.3, -0.25) is 14.4 Å². The lowest BCUT2D eigenvalue weighted by Gasteiger charge is -2.39. The Morgan fingerprint density at radius 3 is 2.48 bits per heavy atom. The number of hydrogen-bond donors (Lipinski definition) is 1. The fourth-order valence-corrected chi connectivity index (χ4v) is 7.99. The summed E-state index contributed by atoms with van der Waals surface area (Å²) in [5, 5.41) is 18.3. The molecule has 4 heterocycles. The smallest absolute Gasteiger partial charge is 0.250 e. The van der Waals surface area contributed by atoms with E-state index in [0.717, 1.165) is 11.1 Å². The maximum atomic E-state index is 14.8. The van der Waals surface area contributed by atoms with Gasteiger partial charge in [0.05, 0.1) is 23.0 Å². The number of ether oxygens (including phenoxy) is 1. The van der Waals surface area contributed by atoms with Crippen LogP contribution in [0.1, 0.15) is 32.3 Å². The minimum atomic E-state index is -1.21. The number of aliphatic hydroxyl groups is 1. The molecule has 46 heavy (non-hydrogen) atoms. The number of carbonyl (C=O) groups is 3. The number of para-hydroxylation sites is 1. The number of rotatable bonds is 13. The second-order valence-electron chi connectivity index (χ2n) is 12.9. The van der Waals surface area contributed by atoms with E-state index in [1.165, 1.54) is 0 Å². The molecule has 11 heteroatoms. The molecule has 3 unspecified atom stereocenters. The lowest BCUT2D eigenvalue weighted by atomic mass is 9.62.